The molecule has 25 heavy (non-hydrogen) atoms. The van der Waals surface area contributed by atoms with Gasteiger partial charge in [0, 0.05) is 13.0 Å². The maximum absolute atomic E-state index is 11.2. The fourth-order valence-corrected chi connectivity index (χ4v) is 2.84. The highest BCUT2D eigenvalue weighted by Gasteiger charge is 1.98. The number of unbranched alkanes of at least 4 members (excludes halogenated alkanes) is 12. The minimum Gasteiger partial charge on any atom is -0.356 e. The Kier molecular flexibility index (Phi) is 27.4. The second-order valence-corrected chi connectivity index (χ2v) is 6.90. The van der Waals surface area contributed by atoms with Crippen molar-refractivity contribution in [3.8, 4) is 0 Å². The van der Waals surface area contributed by atoms with Crippen LogP contribution < -0.4 is 10.6 Å². The van der Waals surface area contributed by atoms with Gasteiger partial charge in [-0.15, -0.1) is 0 Å². The average Bonchev–Trinajstić information content (AvgIpc) is 2.60. The van der Waals surface area contributed by atoms with Crippen molar-refractivity contribution >= 4 is 5.91 Å². The molecule has 0 fully saturated rings. The number of amides is 1. The molecule has 152 valence electrons. The van der Waals surface area contributed by atoms with Crippen molar-refractivity contribution in [3.05, 3.63) is 0 Å². The third-order valence-corrected chi connectivity index (χ3v) is 4.38. The normalized spacial score (nSPS) is 10.2. The second kappa shape index (κ2) is 25.7. The summed E-state index contributed by atoms with van der Waals surface area (Å²) in [6.45, 7) is 11.4. The zero-order valence-corrected chi connectivity index (χ0v) is 17.9. The van der Waals surface area contributed by atoms with Crippen LogP contribution in [0.25, 0.3) is 0 Å². The van der Waals surface area contributed by atoms with Crippen molar-refractivity contribution < 1.29 is 4.79 Å². The summed E-state index contributed by atoms with van der Waals surface area (Å²) in [6.07, 6.45) is 18.4. The molecule has 0 spiro atoms. The number of carbonyl (C=O) groups excluding carboxylic acids is 1. The number of nitrogens with one attached hydrogen (secondary N) is 2. The average molecular weight is 357 g/mol. The summed E-state index contributed by atoms with van der Waals surface area (Å²) in [7, 11) is 0. The minimum atomic E-state index is 0.218. The van der Waals surface area contributed by atoms with E-state index in [9.17, 15) is 4.79 Å². The lowest BCUT2D eigenvalue weighted by molar-refractivity contribution is -0.121. The molecular weight excluding hydrogens is 308 g/mol. The van der Waals surface area contributed by atoms with E-state index in [1.165, 1.54) is 77.0 Å². The molecule has 0 atom stereocenters. The van der Waals surface area contributed by atoms with Gasteiger partial charge in [0.15, 0.2) is 0 Å². The standard InChI is InChI=1S/C18H37NO.C4H11N/c1-3-5-6-7-8-9-10-11-12-13-14-15-16-17-18(20)19-4-2;1-3-5-4-2/h3-17H2,1-2H3,(H,19,20);5H,3-4H2,1-2H3. The predicted octanol–water partition coefficient (Wildman–Crippen LogP) is 6.22. The highest BCUT2D eigenvalue weighted by atomic mass is 16.1. The monoisotopic (exact) mass is 356 g/mol. The molecule has 0 aliphatic carbocycles. The fourth-order valence-electron chi connectivity index (χ4n) is 2.84. The molecule has 0 aromatic carbocycles. The molecule has 0 heterocycles. The summed E-state index contributed by atoms with van der Waals surface area (Å²) in [5.41, 5.74) is 0. The molecule has 0 aromatic rings. The lowest BCUT2D eigenvalue weighted by Gasteiger charge is -2.03. The summed E-state index contributed by atoms with van der Waals surface area (Å²) in [4.78, 5) is 11.2. The first kappa shape index (κ1) is 26.7. The van der Waals surface area contributed by atoms with Gasteiger partial charge >= 0.3 is 0 Å². The van der Waals surface area contributed by atoms with Gasteiger partial charge < -0.3 is 10.6 Å². The first-order valence-electron chi connectivity index (χ1n) is 11.2. The van der Waals surface area contributed by atoms with Crippen LogP contribution in [0.15, 0.2) is 0 Å². The van der Waals surface area contributed by atoms with E-state index in [1.54, 1.807) is 0 Å². The van der Waals surface area contributed by atoms with Gasteiger partial charge in [-0.05, 0) is 26.4 Å². The lowest BCUT2D eigenvalue weighted by Crippen LogP contribution is -2.21. The van der Waals surface area contributed by atoms with E-state index in [4.69, 9.17) is 0 Å². The van der Waals surface area contributed by atoms with Gasteiger partial charge in [-0.2, -0.15) is 0 Å². The van der Waals surface area contributed by atoms with Gasteiger partial charge in [0.05, 0.1) is 0 Å². The minimum absolute atomic E-state index is 0.218. The zero-order valence-electron chi connectivity index (χ0n) is 17.9. The van der Waals surface area contributed by atoms with Crippen molar-refractivity contribution in [2.45, 2.75) is 118 Å². The van der Waals surface area contributed by atoms with E-state index in [1.807, 2.05) is 6.92 Å². The third kappa shape index (κ3) is 28.5. The Morgan fingerprint density at radius 2 is 0.960 bits per heavy atom. The van der Waals surface area contributed by atoms with Gasteiger partial charge in [0.25, 0.3) is 0 Å². The zero-order chi connectivity index (χ0) is 19.0. The van der Waals surface area contributed by atoms with Gasteiger partial charge in [-0.3, -0.25) is 4.79 Å². The molecule has 0 aliphatic rings. The number of rotatable bonds is 17. The van der Waals surface area contributed by atoms with E-state index in [-0.39, 0.29) is 5.91 Å². The van der Waals surface area contributed by atoms with Crippen molar-refractivity contribution in [3.63, 3.8) is 0 Å². The Labute approximate surface area is 159 Å². The molecule has 0 aliphatic heterocycles. The van der Waals surface area contributed by atoms with Crippen LogP contribution in [-0.4, -0.2) is 25.5 Å². The highest BCUT2D eigenvalue weighted by Crippen LogP contribution is 2.12. The number of carbonyl (C=O) groups is 1. The Morgan fingerprint density at radius 3 is 1.28 bits per heavy atom. The molecule has 1 amide bonds. The Balaban J connectivity index is 0. The van der Waals surface area contributed by atoms with E-state index in [0.717, 1.165) is 26.1 Å². The first-order chi connectivity index (χ1) is 12.2. The SMILES string of the molecule is CCCCCCCCCCCCCCCC(=O)NCC.CCNCC. The third-order valence-electron chi connectivity index (χ3n) is 4.38. The van der Waals surface area contributed by atoms with Gasteiger partial charge in [-0.25, -0.2) is 0 Å². The van der Waals surface area contributed by atoms with Crippen molar-refractivity contribution in [2.24, 2.45) is 0 Å². The van der Waals surface area contributed by atoms with Crippen LogP contribution in [0.5, 0.6) is 0 Å². The van der Waals surface area contributed by atoms with Crippen molar-refractivity contribution in [1.82, 2.24) is 10.6 Å². The highest BCUT2D eigenvalue weighted by molar-refractivity contribution is 5.75. The second-order valence-electron chi connectivity index (χ2n) is 6.90. The van der Waals surface area contributed by atoms with E-state index in [2.05, 4.69) is 31.4 Å². The molecular formula is C22H48N2O. The fraction of sp³-hybridized carbons (Fsp3) is 0.955. The Bertz CT molecular complexity index is 242. The van der Waals surface area contributed by atoms with E-state index < -0.39 is 0 Å². The van der Waals surface area contributed by atoms with Crippen LogP contribution in [0.1, 0.15) is 118 Å². The largest absolute Gasteiger partial charge is 0.356 e. The molecule has 0 aromatic heterocycles. The maximum Gasteiger partial charge on any atom is 0.219 e. The van der Waals surface area contributed by atoms with Crippen molar-refractivity contribution in [1.29, 1.82) is 0 Å². The van der Waals surface area contributed by atoms with E-state index >= 15 is 0 Å². The van der Waals surface area contributed by atoms with Crippen LogP contribution in [0.2, 0.25) is 0 Å². The number of hydrogen-bond donors (Lipinski definition) is 2. The molecule has 3 nitrogen and oxygen atoms in total. The molecule has 0 saturated carbocycles. The van der Waals surface area contributed by atoms with Crippen LogP contribution in [0.4, 0.5) is 0 Å². The summed E-state index contributed by atoms with van der Waals surface area (Å²) < 4.78 is 0. The predicted molar refractivity (Wildman–Crippen MR) is 113 cm³/mol. The number of hydrogen-bond acceptors (Lipinski definition) is 2. The van der Waals surface area contributed by atoms with Crippen LogP contribution >= 0.6 is 0 Å². The molecule has 0 bridgehead atoms. The maximum atomic E-state index is 11.2. The van der Waals surface area contributed by atoms with Crippen LogP contribution in [0.3, 0.4) is 0 Å². The molecule has 3 heteroatoms. The molecule has 0 rings (SSSR count). The molecule has 0 saturated heterocycles. The van der Waals surface area contributed by atoms with E-state index in [0.29, 0.717) is 6.42 Å². The topological polar surface area (TPSA) is 41.1 Å². The van der Waals surface area contributed by atoms with Gasteiger partial charge in [0.1, 0.15) is 0 Å². The summed E-state index contributed by atoms with van der Waals surface area (Å²) in [5, 5.41) is 5.96. The lowest BCUT2D eigenvalue weighted by atomic mass is 10.0. The van der Waals surface area contributed by atoms with Crippen molar-refractivity contribution in [2.75, 3.05) is 19.6 Å². The quantitative estimate of drug-likeness (QED) is 0.304. The summed E-state index contributed by atoms with van der Waals surface area (Å²) in [5.74, 6) is 0.218. The summed E-state index contributed by atoms with van der Waals surface area (Å²) >= 11 is 0. The van der Waals surface area contributed by atoms with Crippen LogP contribution in [0, 0.1) is 0 Å². The first-order valence-corrected chi connectivity index (χ1v) is 11.2. The van der Waals surface area contributed by atoms with Gasteiger partial charge in [-0.1, -0.05) is 97.8 Å². The Morgan fingerprint density at radius 1 is 0.560 bits per heavy atom. The summed E-state index contributed by atoms with van der Waals surface area (Å²) in [6, 6.07) is 0. The van der Waals surface area contributed by atoms with Gasteiger partial charge in [0.2, 0.25) is 5.91 Å². The molecule has 2 N–H and O–H groups in total. The Hall–Kier alpha value is -0.570. The molecule has 0 radical (unpaired) electrons. The molecule has 0 unspecified atom stereocenters. The smallest absolute Gasteiger partial charge is 0.219 e. The van der Waals surface area contributed by atoms with Crippen LogP contribution in [-0.2, 0) is 4.79 Å².